The van der Waals surface area contributed by atoms with Gasteiger partial charge in [0.2, 0.25) is 0 Å². The van der Waals surface area contributed by atoms with E-state index in [2.05, 4.69) is 239 Å². The van der Waals surface area contributed by atoms with Gasteiger partial charge in [0.15, 0.2) is 23.1 Å². The van der Waals surface area contributed by atoms with Crippen molar-refractivity contribution in [1.29, 1.82) is 0 Å². The van der Waals surface area contributed by atoms with Gasteiger partial charge in [0, 0.05) is 24.6 Å². The van der Waals surface area contributed by atoms with Gasteiger partial charge in [-0.25, -0.2) is 4.79 Å². The molecule has 0 saturated heterocycles. The molecular formula is C107H114O10. The van der Waals surface area contributed by atoms with E-state index in [9.17, 15) is 19.2 Å². The van der Waals surface area contributed by atoms with E-state index in [1.54, 1.807) is 43.5 Å². The lowest BCUT2D eigenvalue weighted by Gasteiger charge is -2.16. The van der Waals surface area contributed by atoms with Crippen molar-refractivity contribution in [3.8, 4) is 28.7 Å². The fraction of sp³-hybridized carbons (Fsp3) is 0.271. The Morgan fingerprint density at radius 1 is 0.299 bits per heavy atom. The highest BCUT2D eigenvalue weighted by molar-refractivity contribution is 6.28. The van der Waals surface area contributed by atoms with Gasteiger partial charge in [-0.15, -0.1) is 0 Å². The highest BCUT2D eigenvalue weighted by Gasteiger charge is 2.22. The number of rotatable bonds is 11. The first kappa shape index (κ1) is 87.2. The zero-order valence-electron chi connectivity index (χ0n) is 73.7. The van der Waals surface area contributed by atoms with Gasteiger partial charge < -0.3 is 28.4 Å². The van der Waals surface area contributed by atoms with Gasteiger partial charge in [-0.2, -0.15) is 0 Å². The Hall–Kier alpha value is -12.1. The van der Waals surface area contributed by atoms with E-state index in [1.807, 2.05) is 38.1 Å². The van der Waals surface area contributed by atoms with E-state index >= 15 is 0 Å². The second kappa shape index (κ2) is 37.2. The van der Waals surface area contributed by atoms with Crippen LogP contribution in [0.3, 0.4) is 0 Å². The SMILES string of the molecule is CC(=O)OCC(C)C.COc1cc(OC)c(C(=O)Oc2ccc(C(C)=O)cc2)cc1OC.COc1cccc(/C=C/C(C)=O)c1.Cc1cc2c3cc(C)c(C)cc3c3cc(C)c(C)cc3c2cc1C.Cc1cc2c3cc(C)c(C)cc3c3cc(C)c(C)cc3c2cc1C.Cc1cc2c3cc(C)c(C)cc3c3cc(C)c(C)cc3c2cc1C. The lowest BCUT2D eigenvalue weighted by molar-refractivity contribution is -0.142. The van der Waals surface area contributed by atoms with Crippen molar-refractivity contribution in [2.24, 2.45) is 5.92 Å². The van der Waals surface area contributed by atoms with Crippen LogP contribution in [0, 0.1) is 131 Å². The molecule has 0 bridgehead atoms. The molecule has 0 fully saturated rings. The number of benzene rings is 15. The predicted octanol–water partition coefficient (Wildman–Crippen LogP) is 27.6. The second-order valence-electron chi connectivity index (χ2n) is 32.1. The van der Waals surface area contributed by atoms with Crippen molar-refractivity contribution in [2.45, 2.75) is 159 Å². The Kier molecular flexibility index (Phi) is 27.7. The largest absolute Gasteiger partial charge is 0.497 e. The zero-order chi connectivity index (χ0) is 85.5. The van der Waals surface area contributed by atoms with E-state index in [0.29, 0.717) is 41.1 Å². The van der Waals surface area contributed by atoms with Crippen LogP contribution in [0.4, 0.5) is 0 Å². The summed E-state index contributed by atoms with van der Waals surface area (Å²) in [5.74, 6) is 1.87. The van der Waals surface area contributed by atoms with Gasteiger partial charge in [-0.3, -0.25) is 14.4 Å². The number of fused-ring (bicyclic) bond motifs is 18. The van der Waals surface area contributed by atoms with Crippen LogP contribution in [0.2, 0.25) is 0 Å². The maximum absolute atomic E-state index is 12.4. The first-order valence-electron chi connectivity index (χ1n) is 40.1. The molecule has 15 aromatic rings. The number of carbonyl (C=O) groups is 4. The molecule has 0 aliphatic heterocycles. The van der Waals surface area contributed by atoms with Crippen LogP contribution in [0.15, 0.2) is 176 Å². The number of carbonyl (C=O) groups excluding carboxylic acids is 4. The van der Waals surface area contributed by atoms with E-state index in [1.165, 1.54) is 251 Å². The zero-order valence-corrected chi connectivity index (χ0v) is 73.7. The van der Waals surface area contributed by atoms with Gasteiger partial charge in [0.1, 0.15) is 22.8 Å². The summed E-state index contributed by atoms with van der Waals surface area (Å²) in [5, 5.41) is 24.9. The highest BCUT2D eigenvalue weighted by Crippen LogP contribution is 2.43. The Morgan fingerprint density at radius 3 is 0.761 bits per heavy atom. The first-order chi connectivity index (χ1) is 55.4. The Bertz CT molecular complexity index is 5200. The molecule has 117 heavy (non-hydrogen) atoms. The van der Waals surface area contributed by atoms with Crippen LogP contribution in [0.25, 0.3) is 103 Å². The molecule has 10 heteroatoms. The molecule has 10 nitrogen and oxygen atoms in total. The molecule has 0 N–H and O–H groups in total. The molecule has 602 valence electrons. The van der Waals surface area contributed by atoms with Crippen molar-refractivity contribution in [2.75, 3.05) is 35.0 Å². The lowest BCUT2D eigenvalue weighted by atomic mass is 9.88. The quantitative estimate of drug-likeness (QED) is 0.0406. The van der Waals surface area contributed by atoms with Crippen LogP contribution < -0.4 is 23.7 Å². The molecule has 0 saturated carbocycles. The maximum atomic E-state index is 12.4. The minimum absolute atomic E-state index is 0.0443. The minimum atomic E-state index is -0.608. The van der Waals surface area contributed by atoms with Gasteiger partial charge >= 0.3 is 11.9 Å². The fourth-order valence-corrected chi connectivity index (χ4v) is 14.7. The molecule has 0 radical (unpaired) electrons. The van der Waals surface area contributed by atoms with Crippen LogP contribution in [-0.4, -0.2) is 58.6 Å². The van der Waals surface area contributed by atoms with Crippen LogP contribution in [0.1, 0.15) is 161 Å². The smallest absolute Gasteiger partial charge is 0.347 e. The maximum Gasteiger partial charge on any atom is 0.347 e. The number of methoxy groups -OCH3 is 4. The molecule has 0 aliphatic rings. The second-order valence-corrected chi connectivity index (χ2v) is 32.1. The van der Waals surface area contributed by atoms with Gasteiger partial charge in [0.05, 0.1) is 35.0 Å². The third-order valence-corrected chi connectivity index (χ3v) is 22.9. The topological polar surface area (TPSA) is 124 Å². The first-order valence-corrected chi connectivity index (χ1v) is 40.1. The molecule has 0 amide bonds. The number of Topliss-reactive ketones (excluding diaryl/α,β-unsaturated/α-hetero) is 1. The van der Waals surface area contributed by atoms with E-state index in [0.717, 1.165) is 11.3 Å². The fourth-order valence-electron chi connectivity index (χ4n) is 14.7. The lowest BCUT2D eigenvalue weighted by Crippen LogP contribution is -2.11. The van der Waals surface area contributed by atoms with Crippen LogP contribution in [0.5, 0.6) is 28.7 Å². The minimum Gasteiger partial charge on any atom is -0.497 e. The summed E-state index contributed by atoms with van der Waals surface area (Å²) in [7, 11) is 6.03. The third kappa shape index (κ3) is 19.7. The summed E-state index contributed by atoms with van der Waals surface area (Å²) in [4.78, 5) is 44.5. The summed E-state index contributed by atoms with van der Waals surface area (Å²) < 4.78 is 30.6. The highest BCUT2D eigenvalue weighted by atomic mass is 16.5. The number of allylic oxidation sites excluding steroid dienone is 1. The van der Waals surface area contributed by atoms with Crippen LogP contribution in [-0.2, 0) is 14.3 Å². The molecular weight excluding hydrogens is 1450 g/mol. The van der Waals surface area contributed by atoms with Crippen LogP contribution >= 0.6 is 0 Å². The average molecular weight is 1560 g/mol. The molecule has 15 aromatic carbocycles. The summed E-state index contributed by atoms with van der Waals surface area (Å²) in [6.45, 7) is 48.8. The van der Waals surface area contributed by atoms with Crippen molar-refractivity contribution in [3.05, 3.63) is 293 Å². The number of hydrogen-bond donors (Lipinski definition) is 0. The number of ether oxygens (including phenoxy) is 6. The third-order valence-electron chi connectivity index (χ3n) is 22.9. The monoisotopic (exact) mass is 1560 g/mol. The predicted molar refractivity (Wildman–Crippen MR) is 494 cm³/mol. The Morgan fingerprint density at radius 2 is 0.556 bits per heavy atom. The van der Waals surface area contributed by atoms with Gasteiger partial charge in [-0.05, 0) is 390 Å². The Labute approximate surface area is 691 Å². The number of hydrogen-bond acceptors (Lipinski definition) is 10. The molecule has 0 atom stereocenters. The summed E-state index contributed by atoms with van der Waals surface area (Å²) in [6, 6.07) is 59.6. The molecule has 0 unspecified atom stereocenters. The average Bonchev–Trinajstić information content (AvgIpc) is 0.742. The normalized spacial score (nSPS) is 11.1. The number of esters is 2. The molecule has 15 rings (SSSR count). The molecule has 0 spiro atoms. The molecule has 0 aromatic heterocycles. The summed E-state index contributed by atoms with van der Waals surface area (Å²) in [6.07, 6.45) is 3.31. The van der Waals surface area contributed by atoms with Crippen molar-refractivity contribution in [3.63, 3.8) is 0 Å². The Balaban J connectivity index is 0.000000152. The van der Waals surface area contributed by atoms with E-state index < -0.39 is 5.97 Å². The van der Waals surface area contributed by atoms with Crippen molar-refractivity contribution < 1.29 is 47.6 Å². The molecule has 0 heterocycles. The summed E-state index contributed by atoms with van der Waals surface area (Å²) >= 11 is 0. The van der Waals surface area contributed by atoms with Gasteiger partial charge in [-0.1, -0.05) is 141 Å². The molecule has 0 aliphatic carbocycles. The number of aryl methyl sites for hydroxylation is 18. The van der Waals surface area contributed by atoms with E-state index in [-0.39, 0.29) is 23.1 Å². The summed E-state index contributed by atoms with van der Waals surface area (Å²) in [5.41, 5.74) is 26.3. The number of ketones is 2. The van der Waals surface area contributed by atoms with Crippen molar-refractivity contribution >= 4 is 127 Å². The van der Waals surface area contributed by atoms with Gasteiger partial charge in [0.25, 0.3) is 0 Å². The van der Waals surface area contributed by atoms with E-state index in [4.69, 9.17) is 23.7 Å². The standard InChI is InChI=1S/3C24H24.C18H18O6.C11H12O2.C6H12O2/c3*1-13-7-19-20(8-14(13)2)22-10-16(4)18(6)12-24(22)23-11-17(5)15(3)9-21(19)23;1-11(19)12-5-7-13(8-6-12)24-18(20)14-9-16(22-3)17(23-4)10-15(14)21-2;1-9(12)6-7-10-4-3-5-11(8-10)13-2;1-5(2)4-8-6(3)7/h3*7-12H,1-6H3;5-10H,1-4H3;3-8H,1-2H3;5H,4H2,1-3H3/b;;;;7-6+;. The van der Waals surface area contributed by atoms with Crippen molar-refractivity contribution in [1.82, 2.24) is 0 Å².